The number of hydrogen-bond acceptors (Lipinski definition) is 4. The first-order valence-electron chi connectivity index (χ1n) is 9.72. The number of hydrogen-bond donors (Lipinski definition) is 2. The lowest BCUT2D eigenvalue weighted by Gasteiger charge is -2.17. The summed E-state index contributed by atoms with van der Waals surface area (Å²) in [5, 5.41) is 6.03. The summed E-state index contributed by atoms with van der Waals surface area (Å²) in [5.41, 5.74) is 4.96. The Labute approximate surface area is 170 Å². The molecule has 1 saturated carbocycles. The predicted octanol–water partition coefficient (Wildman–Crippen LogP) is 4.67. The minimum Gasteiger partial charge on any atom is -0.320 e. The van der Waals surface area contributed by atoms with Gasteiger partial charge in [0, 0.05) is 17.4 Å². The molecule has 0 atom stereocenters. The molecule has 2 aromatic rings. The summed E-state index contributed by atoms with van der Waals surface area (Å²) in [7, 11) is 0. The van der Waals surface area contributed by atoms with E-state index in [-0.39, 0.29) is 11.7 Å². The van der Waals surface area contributed by atoms with Crippen molar-refractivity contribution in [3.05, 3.63) is 40.7 Å². The minimum absolute atomic E-state index is 0.156. The summed E-state index contributed by atoms with van der Waals surface area (Å²) >= 11 is 1.39. The monoisotopic (exact) mass is 400 g/mol. The number of aryl methyl sites for hydroxylation is 2. The average molecular weight is 401 g/mol. The molecule has 1 aliphatic rings. The van der Waals surface area contributed by atoms with Gasteiger partial charge in [-0.25, -0.2) is 9.78 Å². The highest BCUT2D eigenvalue weighted by Gasteiger charge is 2.23. The molecular weight excluding hydrogens is 372 g/mol. The van der Waals surface area contributed by atoms with Crippen molar-refractivity contribution in [3.8, 4) is 0 Å². The number of anilines is 1. The van der Waals surface area contributed by atoms with Crippen LogP contribution in [0.1, 0.15) is 54.2 Å². The molecule has 1 fully saturated rings. The number of aromatic nitrogens is 2. The first kappa shape index (κ1) is 20.5. The lowest BCUT2D eigenvalue weighted by molar-refractivity contribution is -0.117. The second-order valence-corrected chi connectivity index (χ2v) is 8.35. The van der Waals surface area contributed by atoms with Gasteiger partial charge >= 0.3 is 6.03 Å². The van der Waals surface area contributed by atoms with E-state index >= 15 is 0 Å². The van der Waals surface area contributed by atoms with Gasteiger partial charge in [0.1, 0.15) is 0 Å². The molecule has 28 heavy (non-hydrogen) atoms. The fraction of sp³-hybridized carbons (Fsp3) is 0.476. The van der Waals surface area contributed by atoms with Gasteiger partial charge in [0.2, 0.25) is 5.91 Å². The van der Waals surface area contributed by atoms with E-state index < -0.39 is 6.03 Å². The normalized spacial score (nSPS) is 14.3. The number of benzene rings is 1. The molecule has 2 N–H and O–H groups in total. The van der Waals surface area contributed by atoms with Gasteiger partial charge in [-0.2, -0.15) is 0 Å². The van der Waals surface area contributed by atoms with Crippen molar-refractivity contribution in [1.82, 2.24) is 14.9 Å². The zero-order valence-electron chi connectivity index (χ0n) is 17.0. The Balaban J connectivity index is 1.58. The van der Waals surface area contributed by atoms with Crippen molar-refractivity contribution >= 4 is 29.4 Å². The number of amides is 3. The van der Waals surface area contributed by atoms with Crippen LogP contribution in [0.4, 0.5) is 10.5 Å². The molecule has 1 aliphatic carbocycles. The van der Waals surface area contributed by atoms with Crippen LogP contribution < -0.4 is 10.6 Å². The van der Waals surface area contributed by atoms with Crippen molar-refractivity contribution in [2.45, 2.75) is 64.6 Å². The van der Waals surface area contributed by atoms with Crippen LogP contribution in [-0.2, 0) is 4.79 Å². The summed E-state index contributed by atoms with van der Waals surface area (Å²) in [6, 6.07) is 5.65. The predicted molar refractivity (Wildman–Crippen MR) is 113 cm³/mol. The molecule has 0 aliphatic heterocycles. The topological polar surface area (TPSA) is 76.0 Å². The summed E-state index contributed by atoms with van der Waals surface area (Å²) in [6.45, 7) is 8.01. The van der Waals surface area contributed by atoms with Crippen molar-refractivity contribution < 1.29 is 9.59 Å². The maximum Gasteiger partial charge on any atom is 0.325 e. The number of carbonyl (C=O) groups excluding carboxylic acids is 2. The third-order valence-electron chi connectivity index (χ3n) is 5.48. The Kier molecular flexibility index (Phi) is 6.44. The minimum atomic E-state index is -0.509. The third kappa shape index (κ3) is 4.58. The Morgan fingerprint density at radius 2 is 1.89 bits per heavy atom. The molecule has 1 aromatic carbocycles. The number of thioether (sulfide) groups is 1. The fourth-order valence-electron chi connectivity index (χ4n) is 3.62. The number of nitrogens with one attached hydrogen (secondary N) is 2. The first-order valence-corrected chi connectivity index (χ1v) is 10.7. The fourth-order valence-corrected chi connectivity index (χ4v) is 4.58. The number of imide groups is 1. The van der Waals surface area contributed by atoms with E-state index in [2.05, 4.69) is 27.1 Å². The van der Waals surface area contributed by atoms with Crippen LogP contribution in [0.2, 0.25) is 0 Å². The largest absolute Gasteiger partial charge is 0.325 e. The third-order valence-corrected chi connectivity index (χ3v) is 6.44. The van der Waals surface area contributed by atoms with Crippen LogP contribution in [0.5, 0.6) is 0 Å². The van der Waals surface area contributed by atoms with E-state index in [0.717, 1.165) is 34.8 Å². The molecule has 1 aromatic heterocycles. The Bertz CT molecular complexity index is 885. The SMILES string of the molecule is Cc1cccc(NC(=O)NC(=O)CSc2nc(C)c(C)n2C2CCCC2)c1C. The molecule has 0 unspecified atom stereocenters. The molecule has 0 saturated heterocycles. The van der Waals surface area contributed by atoms with Gasteiger partial charge in [-0.05, 0) is 57.7 Å². The second-order valence-electron chi connectivity index (χ2n) is 7.41. The van der Waals surface area contributed by atoms with Gasteiger partial charge in [-0.15, -0.1) is 0 Å². The zero-order valence-corrected chi connectivity index (χ0v) is 17.8. The standard InChI is InChI=1S/C21H28N4O2S/c1-13-8-7-11-18(14(13)2)23-20(27)24-19(26)12-28-21-22-15(3)16(4)25(21)17-9-5-6-10-17/h7-8,11,17H,5-6,9-10,12H2,1-4H3,(H2,23,24,26,27). The molecule has 6 nitrogen and oxygen atoms in total. The average Bonchev–Trinajstić information content (AvgIpc) is 3.26. The van der Waals surface area contributed by atoms with E-state index in [1.165, 1.54) is 30.3 Å². The second kappa shape index (κ2) is 8.82. The molecule has 1 heterocycles. The van der Waals surface area contributed by atoms with E-state index in [0.29, 0.717) is 11.7 Å². The summed E-state index contributed by atoms with van der Waals surface area (Å²) < 4.78 is 2.27. The number of urea groups is 1. The Morgan fingerprint density at radius 1 is 1.18 bits per heavy atom. The van der Waals surface area contributed by atoms with Crippen LogP contribution in [-0.4, -0.2) is 27.2 Å². The van der Waals surface area contributed by atoms with E-state index in [1.54, 1.807) is 0 Å². The van der Waals surface area contributed by atoms with Crippen LogP contribution in [0.3, 0.4) is 0 Å². The lowest BCUT2D eigenvalue weighted by atomic mass is 10.1. The van der Waals surface area contributed by atoms with Crippen LogP contribution >= 0.6 is 11.8 Å². The number of imidazole rings is 1. The molecule has 7 heteroatoms. The quantitative estimate of drug-likeness (QED) is 0.715. The lowest BCUT2D eigenvalue weighted by Crippen LogP contribution is -2.35. The maximum absolute atomic E-state index is 12.3. The first-order chi connectivity index (χ1) is 13.4. The van der Waals surface area contributed by atoms with Gasteiger partial charge in [-0.3, -0.25) is 10.1 Å². The van der Waals surface area contributed by atoms with E-state index in [9.17, 15) is 9.59 Å². The van der Waals surface area contributed by atoms with Gasteiger partial charge < -0.3 is 9.88 Å². The summed E-state index contributed by atoms with van der Waals surface area (Å²) in [4.78, 5) is 29.1. The molecule has 0 spiro atoms. The summed E-state index contributed by atoms with van der Waals surface area (Å²) in [5.74, 6) is -0.174. The summed E-state index contributed by atoms with van der Waals surface area (Å²) in [6.07, 6.45) is 4.80. The van der Waals surface area contributed by atoms with Crippen molar-refractivity contribution in [2.24, 2.45) is 0 Å². The zero-order chi connectivity index (χ0) is 20.3. The molecule has 0 bridgehead atoms. The van der Waals surface area contributed by atoms with Crippen molar-refractivity contribution in [2.75, 3.05) is 11.1 Å². The Hall–Kier alpha value is -2.28. The van der Waals surface area contributed by atoms with Crippen molar-refractivity contribution in [3.63, 3.8) is 0 Å². The van der Waals surface area contributed by atoms with E-state index in [1.807, 2.05) is 39.0 Å². The van der Waals surface area contributed by atoms with Gasteiger partial charge in [0.25, 0.3) is 0 Å². The number of carbonyl (C=O) groups is 2. The molecular formula is C21H28N4O2S. The molecule has 150 valence electrons. The van der Waals surface area contributed by atoms with Crippen LogP contribution in [0.15, 0.2) is 23.4 Å². The van der Waals surface area contributed by atoms with Gasteiger partial charge in [0.15, 0.2) is 5.16 Å². The number of rotatable bonds is 5. The Morgan fingerprint density at radius 3 is 2.61 bits per heavy atom. The number of nitrogens with zero attached hydrogens (tertiary/aromatic N) is 2. The van der Waals surface area contributed by atoms with Gasteiger partial charge in [-0.1, -0.05) is 36.7 Å². The maximum atomic E-state index is 12.3. The molecule has 3 rings (SSSR count). The van der Waals surface area contributed by atoms with E-state index in [4.69, 9.17) is 0 Å². The highest BCUT2D eigenvalue weighted by Crippen LogP contribution is 2.35. The highest BCUT2D eigenvalue weighted by molar-refractivity contribution is 7.99. The highest BCUT2D eigenvalue weighted by atomic mass is 32.2. The molecule has 3 amide bonds. The van der Waals surface area contributed by atoms with Gasteiger partial charge in [0.05, 0.1) is 11.4 Å². The van der Waals surface area contributed by atoms with Crippen molar-refractivity contribution in [1.29, 1.82) is 0 Å². The van der Waals surface area contributed by atoms with Crippen LogP contribution in [0, 0.1) is 27.7 Å². The molecule has 0 radical (unpaired) electrons. The van der Waals surface area contributed by atoms with Crippen LogP contribution in [0.25, 0.3) is 0 Å². The smallest absolute Gasteiger partial charge is 0.320 e.